The lowest BCUT2D eigenvalue weighted by Crippen LogP contribution is -2.14. The van der Waals surface area contributed by atoms with E-state index in [0.29, 0.717) is 10.6 Å². The monoisotopic (exact) mass is 1160 g/mol. The Hall–Kier alpha value is -8.18. The maximum absolute atomic E-state index is 13.3. The first kappa shape index (κ1) is 72.9. The second-order valence-corrected chi connectivity index (χ2v) is 27.7. The molecule has 0 atom stereocenters. The van der Waals surface area contributed by atoms with Crippen LogP contribution in [0.1, 0.15) is 226 Å². The van der Waals surface area contributed by atoms with Crippen molar-refractivity contribution in [1.29, 1.82) is 31.6 Å². The molecular weight excluding hydrogens is 1080 g/mol. The van der Waals surface area contributed by atoms with Crippen LogP contribution < -0.4 is 0 Å². The molecule has 0 amide bonds. The fraction of sp³-hybridized carbons (Fsp3) is 0.387. The van der Waals surface area contributed by atoms with E-state index in [1.165, 1.54) is 51.4 Å². The lowest BCUT2D eigenvalue weighted by molar-refractivity contribution is 0.151. The van der Waals surface area contributed by atoms with Crippen LogP contribution in [0.25, 0.3) is 10.8 Å². The van der Waals surface area contributed by atoms with Gasteiger partial charge in [0.25, 0.3) is 6.43 Å². The fourth-order valence-corrected chi connectivity index (χ4v) is 10.4. The van der Waals surface area contributed by atoms with Crippen LogP contribution in [0.4, 0.5) is 13.2 Å². The van der Waals surface area contributed by atoms with Gasteiger partial charge in [-0.3, -0.25) is 0 Å². The lowest BCUT2D eigenvalue weighted by Gasteiger charge is -2.23. The first-order valence-electron chi connectivity index (χ1n) is 28.2. The summed E-state index contributed by atoms with van der Waals surface area (Å²) in [6.45, 7) is 46.0. The van der Waals surface area contributed by atoms with Crippen LogP contribution in [-0.2, 0) is 32.5 Å². The Labute approximate surface area is 512 Å². The zero-order chi connectivity index (χ0) is 65.4. The summed E-state index contributed by atoms with van der Waals surface area (Å²) in [4.78, 5) is 0. The SMILES string of the molecule is CC(C)(C)c1ccc(C#N)c(C(F)F)c1.CC(C)(C)c1ccc(C#N)c2ccccc12.Cc1cc(C#N)c(F)cc1C(C)(C)C.Cc1cc(C#N)cc(Cl)c1C(C)(C)C.Cc1cc(C#N)ccc1C(C)(C)C.Cc1cc(C#N)ccc1C(C)(C)C. The average Bonchev–Trinajstić information content (AvgIpc) is 3.13. The molecule has 0 radical (unpaired) electrons. The zero-order valence-electron chi connectivity index (χ0n) is 54.2. The molecule has 0 aromatic heterocycles. The quantitative estimate of drug-likeness (QED) is 0.160. The molecule has 0 bridgehead atoms. The Bertz CT molecular complexity index is 3630. The third-order valence-electron chi connectivity index (χ3n) is 13.9. The molecule has 85 heavy (non-hydrogen) atoms. The van der Waals surface area contributed by atoms with E-state index in [0.717, 1.165) is 49.9 Å². The third-order valence-corrected chi connectivity index (χ3v) is 14.2. The number of hydrogen-bond acceptors (Lipinski definition) is 6. The molecule has 0 N–H and O–H groups in total. The molecule has 0 unspecified atom stereocenters. The predicted molar refractivity (Wildman–Crippen MR) is 346 cm³/mol. The summed E-state index contributed by atoms with van der Waals surface area (Å²) in [6.07, 6.45) is -2.60. The van der Waals surface area contributed by atoms with E-state index < -0.39 is 12.2 Å². The number of alkyl halides is 2. The van der Waals surface area contributed by atoms with Gasteiger partial charge in [0, 0.05) is 10.6 Å². The molecular formula is C75H86ClF3N6. The highest BCUT2D eigenvalue weighted by Gasteiger charge is 2.23. The van der Waals surface area contributed by atoms with Crippen LogP contribution in [-0.4, -0.2) is 0 Å². The zero-order valence-corrected chi connectivity index (χ0v) is 55.0. The van der Waals surface area contributed by atoms with Gasteiger partial charge in [-0.2, -0.15) is 31.6 Å². The number of rotatable bonds is 1. The van der Waals surface area contributed by atoms with Gasteiger partial charge in [-0.25, -0.2) is 13.2 Å². The number of hydrogen-bond donors (Lipinski definition) is 0. The van der Waals surface area contributed by atoms with E-state index in [-0.39, 0.29) is 49.2 Å². The third kappa shape index (κ3) is 21.4. The number of nitrogens with zero attached hydrogens (tertiary/aromatic N) is 6. The van der Waals surface area contributed by atoms with Crippen LogP contribution in [0.5, 0.6) is 0 Å². The van der Waals surface area contributed by atoms with Crippen molar-refractivity contribution >= 4 is 22.4 Å². The summed E-state index contributed by atoms with van der Waals surface area (Å²) in [6, 6.07) is 47.4. The summed E-state index contributed by atoms with van der Waals surface area (Å²) in [5.74, 6) is -0.428. The Morgan fingerprint density at radius 2 is 0.765 bits per heavy atom. The van der Waals surface area contributed by atoms with Crippen molar-refractivity contribution in [3.63, 3.8) is 0 Å². The van der Waals surface area contributed by atoms with Crippen LogP contribution in [0, 0.1) is 101 Å². The molecule has 7 aromatic rings. The molecule has 7 rings (SSSR count). The summed E-state index contributed by atoms with van der Waals surface area (Å²) in [5.41, 5.74) is 14.3. The predicted octanol–water partition coefficient (Wildman–Crippen LogP) is 21.3. The van der Waals surface area contributed by atoms with Crippen molar-refractivity contribution in [2.24, 2.45) is 0 Å². The maximum atomic E-state index is 13.3. The minimum Gasteiger partial charge on any atom is -0.206 e. The molecule has 0 heterocycles. The fourth-order valence-electron chi connectivity index (χ4n) is 9.85. The summed E-state index contributed by atoms with van der Waals surface area (Å²) < 4.78 is 38.6. The molecule has 10 heteroatoms. The number of nitriles is 6. The smallest absolute Gasteiger partial charge is 0.206 e. The Kier molecular flexibility index (Phi) is 25.8. The molecule has 444 valence electrons. The summed E-state index contributed by atoms with van der Waals surface area (Å²) in [5, 5.41) is 55.5. The van der Waals surface area contributed by atoms with E-state index >= 15 is 0 Å². The van der Waals surface area contributed by atoms with Gasteiger partial charge in [0.15, 0.2) is 0 Å². The molecule has 0 fully saturated rings. The largest absolute Gasteiger partial charge is 0.265 e. The summed E-state index contributed by atoms with van der Waals surface area (Å²) >= 11 is 6.15. The Morgan fingerprint density at radius 3 is 1.13 bits per heavy atom. The average molecular weight is 1160 g/mol. The second-order valence-electron chi connectivity index (χ2n) is 27.3. The van der Waals surface area contributed by atoms with Crippen molar-refractivity contribution in [3.05, 3.63) is 221 Å². The van der Waals surface area contributed by atoms with Gasteiger partial charge in [0.2, 0.25) is 0 Å². The van der Waals surface area contributed by atoms with Gasteiger partial charge in [-0.05, 0) is 193 Å². The van der Waals surface area contributed by atoms with Crippen LogP contribution >= 0.6 is 11.6 Å². The van der Waals surface area contributed by atoms with Crippen LogP contribution in [0.15, 0.2) is 115 Å². The number of halogens is 4. The molecule has 0 saturated carbocycles. The molecule has 0 aliphatic heterocycles. The van der Waals surface area contributed by atoms with Gasteiger partial charge in [0.1, 0.15) is 11.9 Å². The molecule has 6 nitrogen and oxygen atoms in total. The molecule has 0 aliphatic rings. The highest BCUT2D eigenvalue weighted by Crippen LogP contribution is 2.35. The second kappa shape index (κ2) is 30.1. The van der Waals surface area contributed by atoms with Crippen molar-refractivity contribution in [3.8, 4) is 36.4 Å². The minimum atomic E-state index is -2.60. The van der Waals surface area contributed by atoms with Crippen molar-refractivity contribution in [2.75, 3.05) is 0 Å². The normalized spacial score (nSPS) is 11.2. The van der Waals surface area contributed by atoms with Crippen molar-refractivity contribution < 1.29 is 13.2 Å². The van der Waals surface area contributed by atoms with Gasteiger partial charge in [0.05, 0.1) is 63.7 Å². The van der Waals surface area contributed by atoms with Crippen molar-refractivity contribution in [2.45, 2.75) is 191 Å². The Morgan fingerprint density at radius 1 is 0.365 bits per heavy atom. The van der Waals surface area contributed by atoms with Crippen LogP contribution in [0.3, 0.4) is 0 Å². The van der Waals surface area contributed by atoms with E-state index in [2.05, 4.69) is 133 Å². The van der Waals surface area contributed by atoms with E-state index in [1.54, 1.807) is 24.3 Å². The maximum Gasteiger partial charge on any atom is 0.265 e. The van der Waals surface area contributed by atoms with Gasteiger partial charge >= 0.3 is 0 Å². The highest BCUT2D eigenvalue weighted by molar-refractivity contribution is 6.31. The molecule has 0 aliphatic carbocycles. The van der Waals surface area contributed by atoms with E-state index in [9.17, 15) is 13.2 Å². The Balaban J connectivity index is 0.000000349. The standard InChI is InChI=1S/C15H15N.C12H14ClN.C12H13F2N.C12H14FN.2C12H15N/c1-15(2,3)14-9-8-11(10-16)12-6-4-5-7-13(12)14;1-8-5-9(7-14)6-10(13)11(8)12(2,3)4;1-12(2,3)9-5-4-8(7-15)10(6-9)11(13)14;1-8-5-9(7-14)11(13)6-10(8)12(2,3)4;2*1-9-7-10(8-13)5-6-11(9)12(2,3)4/h4-9H,1-3H3;5-6H,1-4H3;4-6,11H,1-3H3;5-6H,1-4H3;2*5-7H,1-4H3. The van der Waals surface area contributed by atoms with Gasteiger partial charge in [-0.1, -0.05) is 185 Å². The first-order valence-corrected chi connectivity index (χ1v) is 28.6. The lowest BCUT2D eigenvalue weighted by atomic mass is 9.83. The van der Waals surface area contributed by atoms with Gasteiger partial charge < -0.3 is 0 Å². The highest BCUT2D eigenvalue weighted by atomic mass is 35.5. The minimum absolute atomic E-state index is 0.0230. The van der Waals surface area contributed by atoms with E-state index in [4.69, 9.17) is 43.2 Å². The molecule has 7 aromatic carbocycles. The first-order chi connectivity index (χ1) is 39.0. The molecule has 0 spiro atoms. The van der Waals surface area contributed by atoms with Gasteiger partial charge in [-0.15, -0.1) is 0 Å². The number of benzene rings is 7. The van der Waals surface area contributed by atoms with E-state index in [1.807, 2.05) is 128 Å². The summed E-state index contributed by atoms with van der Waals surface area (Å²) in [7, 11) is 0. The molecule has 0 saturated heterocycles. The number of fused-ring (bicyclic) bond motifs is 1. The topological polar surface area (TPSA) is 143 Å². The number of aryl methyl sites for hydroxylation is 4. The van der Waals surface area contributed by atoms with Crippen molar-refractivity contribution in [1.82, 2.24) is 0 Å². The van der Waals surface area contributed by atoms with Crippen LogP contribution in [0.2, 0.25) is 5.02 Å².